The largest absolute Gasteiger partial charge is 0.350 e. The Bertz CT molecular complexity index is 829. The molecule has 0 aromatic heterocycles. The monoisotopic (exact) mass is 408 g/mol. The first-order valence-corrected chi connectivity index (χ1v) is 10.6. The van der Waals surface area contributed by atoms with Gasteiger partial charge in [0.2, 0.25) is 5.91 Å². The number of likely N-dealkylation sites (tertiary alicyclic amines) is 1. The molecule has 2 amide bonds. The SMILES string of the molecule is O=C(NC(Cc1ccccc1)C(=O)N1CCC(C2OCCO2)CC1)c1ccccc1. The number of hydrogen-bond acceptors (Lipinski definition) is 4. The highest BCUT2D eigenvalue weighted by Crippen LogP contribution is 2.26. The summed E-state index contributed by atoms with van der Waals surface area (Å²) in [5, 5.41) is 2.97. The molecule has 2 fully saturated rings. The number of rotatable bonds is 6. The molecule has 2 heterocycles. The fourth-order valence-corrected chi connectivity index (χ4v) is 4.14. The maximum absolute atomic E-state index is 13.3. The van der Waals surface area contributed by atoms with Gasteiger partial charge in [0.15, 0.2) is 6.29 Å². The van der Waals surface area contributed by atoms with Crippen molar-refractivity contribution in [3.05, 3.63) is 71.8 Å². The predicted octanol–water partition coefficient (Wildman–Crippen LogP) is 2.64. The molecule has 2 aliphatic heterocycles. The van der Waals surface area contributed by atoms with Crippen molar-refractivity contribution in [2.75, 3.05) is 26.3 Å². The van der Waals surface area contributed by atoms with Crippen molar-refractivity contribution in [1.29, 1.82) is 0 Å². The van der Waals surface area contributed by atoms with E-state index in [1.807, 2.05) is 53.4 Å². The van der Waals surface area contributed by atoms with Crippen LogP contribution in [-0.2, 0) is 20.7 Å². The number of hydrogen-bond donors (Lipinski definition) is 1. The summed E-state index contributed by atoms with van der Waals surface area (Å²) in [4.78, 5) is 28.0. The van der Waals surface area contributed by atoms with Gasteiger partial charge in [0.05, 0.1) is 13.2 Å². The number of carbonyl (C=O) groups is 2. The van der Waals surface area contributed by atoms with Gasteiger partial charge in [-0.05, 0) is 30.5 Å². The lowest BCUT2D eigenvalue weighted by atomic mass is 9.95. The summed E-state index contributed by atoms with van der Waals surface area (Å²) < 4.78 is 11.3. The van der Waals surface area contributed by atoms with Gasteiger partial charge < -0.3 is 19.7 Å². The molecule has 2 aromatic carbocycles. The molecule has 1 atom stereocenters. The maximum Gasteiger partial charge on any atom is 0.251 e. The van der Waals surface area contributed by atoms with Crippen molar-refractivity contribution >= 4 is 11.8 Å². The Kier molecular flexibility index (Phi) is 6.77. The number of benzene rings is 2. The van der Waals surface area contributed by atoms with Gasteiger partial charge in [-0.3, -0.25) is 9.59 Å². The van der Waals surface area contributed by atoms with E-state index in [9.17, 15) is 9.59 Å². The number of amides is 2. The molecular weight excluding hydrogens is 380 g/mol. The minimum absolute atomic E-state index is 0.0326. The van der Waals surface area contributed by atoms with Crippen LogP contribution >= 0.6 is 0 Å². The lowest BCUT2D eigenvalue weighted by molar-refractivity contribution is -0.138. The average molecular weight is 408 g/mol. The van der Waals surface area contributed by atoms with E-state index in [1.54, 1.807) is 12.1 Å². The van der Waals surface area contributed by atoms with E-state index in [4.69, 9.17) is 9.47 Å². The van der Waals surface area contributed by atoms with Gasteiger partial charge in [-0.2, -0.15) is 0 Å². The van der Waals surface area contributed by atoms with Crippen LogP contribution in [-0.4, -0.2) is 55.3 Å². The molecule has 2 saturated heterocycles. The van der Waals surface area contributed by atoms with Crippen LogP contribution in [0.15, 0.2) is 60.7 Å². The van der Waals surface area contributed by atoms with Gasteiger partial charge in [-0.25, -0.2) is 0 Å². The lowest BCUT2D eigenvalue weighted by Crippen LogP contribution is -2.52. The molecule has 2 aromatic rings. The predicted molar refractivity (Wildman–Crippen MR) is 113 cm³/mol. The molecule has 0 spiro atoms. The van der Waals surface area contributed by atoms with Gasteiger partial charge >= 0.3 is 0 Å². The fourth-order valence-electron chi connectivity index (χ4n) is 4.14. The van der Waals surface area contributed by atoms with Crippen LogP contribution in [0.2, 0.25) is 0 Å². The van der Waals surface area contributed by atoms with E-state index in [0.717, 1.165) is 18.4 Å². The summed E-state index contributed by atoms with van der Waals surface area (Å²) in [6.45, 7) is 2.60. The Balaban J connectivity index is 1.43. The van der Waals surface area contributed by atoms with Gasteiger partial charge in [-0.1, -0.05) is 48.5 Å². The number of nitrogens with zero attached hydrogens (tertiary/aromatic N) is 1. The molecule has 2 aliphatic rings. The molecular formula is C24H28N2O4. The van der Waals surface area contributed by atoms with Crippen LogP contribution in [0.3, 0.4) is 0 Å². The summed E-state index contributed by atoms with van der Waals surface area (Å²) in [6, 6.07) is 18.2. The number of piperidine rings is 1. The van der Waals surface area contributed by atoms with E-state index in [2.05, 4.69) is 5.32 Å². The molecule has 30 heavy (non-hydrogen) atoms. The van der Waals surface area contributed by atoms with Crippen LogP contribution < -0.4 is 5.32 Å². The first kappa shape index (κ1) is 20.6. The van der Waals surface area contributed by atoms with Gasteiger partial charge in [0.25, 0.3) is 5.91 Å². The van der Waals surface area contributed by atoms with Crippen LogP contribution in [0, 0.1) is 5.92 Å². The number of nitrogens with one attached hydrogen (secondary N) is 1. The Morgan fingerprint density at radius 1 is 0.933 bits per heavy atom. The third kappa shape index (κ3) is 5.07. The molecule has 0 aliphatic carbocycles. The third-order valence-electron chi connectivity index (χ3n) is 5.81. The third-order valence-corrected chi connectivity index (χ3v) is 5.81. The maximum atomic E-state index is 13.3. The van der Waals surface area contributed by atoms with Crippen molar-refractivity contribution in [2.45, 2.75) is 31.6 Å². The molecule has 6 nitrogen and oxygen atoms in total. The van der Waals surface area contributed by atoms with E-state index in [0.29, 0.717) is 44.2 Å². The highest BCUT2D eigenvalue weighted by molar-refractivity contribution is 5.97. The average Bonchev–Trinajstić information content (AvgIpc) is 3.34. The molecule has 1 N–H and O–H groups in total. The quantitative estimate of drug-likeness (QED) is 0.798. The highest BCUT2D eigenvalue weighted by atomic mass is 16.7. The second-order valence-corrected chi connectivity index (χ2v) is 7.85. The van der Waals surface area contributed by atoms with Crippen molar-refractivity contribution in [1.82, 2.24) is 10.2 Å². The topological polar surface area (TPSA) is 67.9 Å². The molecule has 0 radical (unpaired) electrons. The number of carbonyl (C=O) groups excluding carboxylic acids is 2. The van der Waals surface area contributed by atoms with Crippen molar-refractivity contribution in [3.8, 4) is 0 Å². The molecule has 4 rings (SSSR count). The lowest BCUT2D eigenvalue weighted by Gasteiger charge is -2.35. The Labute approximate surface area is 177 Å². The van der Waals surface area contributed by atoms with Crippen molar-refractivity contribution in [2.24, 2.45) is 5.92 Å². The molecule has 1 unspecified atom stereocenters. The van der Waals surface area contributed by atoms with Crippen LogP contribution in [0.5, 0.6) is 0 Å². The van der Waals surface area contributed by atoms with Gasteiger partial charge in [-0.15, -0.1) is 0 Å². The summed E-state index contributed by atoms with van der Waals surface area (Å²) >= 11 is 0. The first-order valence-electron chi connectivity index (χ1n) is 10.6. The zero-order chi connectivity index (χ0) is 20.8. The minimum Gasteiger partial charge on any atom is -0.350 e. The smallest absolute Gasteiger partial charge is 0.251 e. The van der Waals surface area contributed by atoms with Crippen LogP contribution in [0.1, 0.15) is 28.8 Å². The summed E-state index contributed by atoms with van der Waals surface area (Å²) in [5.41, 5.74) is 1.57. The molecule has 158 valence electrons. The second-order valence-electron chi connectivity index (χ2n) is 7.85. The Morgan fingerprint density at radius 2 is 1.53 bits per heavy atom. The summed E-state index contributed by atoms with van der Waals surface area (Å²) in [5.74, 6) is 0.0606. The van der Waals surface area contributed by atoms with Crippen molar-refractivity contribution in [3.63, 3.8) is 0 Å². The standard InChI is InChI=1S/C24H28N2O4/c27-22(19-9-5-2-6-10-19)25-21(17-18-7-3-1-4-8-18)23(28)26-13-11-20(12-14-26)24-29-15-16-30-24/h1-10,20-21,24H,11-17H2,(H,25,27). The minimum atomic E-state index is -0.601. The van der Waals surface area contributed by atoms with E-state index in [-0.39, 0.29) is 18.1 Å². The summed E-state index contributed by atoms with van der Waals surface area (Å²) in [6.07, 6.45) is 2.02. The zero-order valence-electron chi connectivity index (χ0n) is 17.0. The van der Waals surface area contributed by atoms with Gasteiger partial charge in [0.1, 0.15) is 6.04 Å². The fraction of sp³-hybridized carbons (Fsp3) is 0.417. The second kappa shape index (κ2) is 9.87. The molecule has 6 heteroatoms. The van der Waals surface area contributed by atoms with Crippen molar-refractivity contribution < 1.29 is 19.1 Å². The molecule has 0 saturated carbocycles. The Hall–Kier alpha value is -2.70. The summed E-state index contributed by atoms with van der Waals surface area (Å²) in [7, 11) is 0. The Morgan fingerprint density at radius 3 is 2.17 bits per heavy atom. The highest BCUT2D eigenvalue weighted by Gasteiger charge is 2.34. The zero-order valence-corrected chi connectivity index (χ0v) is 17.0. The first-order chi connectivity index (χ1) is 14.7. The van der Waals surface area contributed by atoms with Crippen LogP contribution in [0.4, 0.5) is 0 Å². The van der Waals surface area contributed by atoms with Crippen LogP contribution in [0.25, 0.3) is 0 Å². The van der Waals surface area contributed by atoms with Gasteiger partial charge in [0, 0.05) is 31.0 Å². The van der Waals surface area contributed by atoms with E-state index >= 15 is 0 Å². The normalized spacial score (nSPS) is 18.9. The van der Waals surface area contributed by atoms with E-state index < -0.39 is 6.04 Å². The number of ether oxygens (including phenoxy) is 2. The van der Waals surface area contributed by atoms with E-state index in [1.165, 1.54) is 0 Å². The molecule has 0 bridgehead atoms.